The largest absolute Gasteiger partial charge is 0.497 e. The normalized spacial score (nSPS) is 10.6. The third kappa shape index (κ3) is 2.93. The summed E-state index contributed by atoms with van der Waals surface area (Å²) in [6, 6.07) is 15.3. The van der Waals surface area contributed by atoms with Gasteiger partial charge in [-0.1, -0.05) is 41.9 Å². The second-order valence-electron chi connectivity index (χ2n) is 4.78. The average Bonchev–Trinajstić information content (AvgIpc) is 2.90. The SMILES string of the molecule is COc1cccc(CNC(=O)c2sc3ccccc3c2Cl)c1. The Balaban J connectivity index is 1.77. The topological polar surface area (TPSA) is 38.3 Å². The molecule has 0 aliphatic heterocycles. The van der Waals surface area contributed by atoms with E-state index in [1.165, 1.54) is 11.3 Å². The van der Waals surface area contributed by atoms with E-state index >= 15 is 0 Å². The number of carbonyl (C=O) groups excluding carboxylic acids is 1. The number of carbonyl (C=O) groups is 1. The lowest BCUT2D eigenvalue weighted by molar-refractivity contribution is 0.0955. The minimum Gasteiger partial charge on any atom is -0.497 e. The van der Waals surface area contributed by atoms with Crippen molar-refractivity contribution in [2.45, 2.75) is 6.54 Å². The fourth-order valence-corrected chi connectivity index (χ4v) is 3.64. The van der Waals surface area contributed by atoms with Gasteiger partial charge in [0.05, 0.1) is 12.1 Å². The first kappa shape index (κ1) is 14.9. The highest BCUT2D eigenvalue weighted by molar-refractivity contribution is 7.21. The lowest BCUT2D eigenvalue weighted by Gasteiger charge is -2.06. The maximum atomic E-state index is 12.3. The van der Waals surface area contributed by atoms with Crippen LogP contribution < -0.4 is 10.1 Å². The molecule has 2 aromatic carbocycles. The van der Waals surface area contributed by atoms with Crippen LogP contribution in [0, 0.1) is 0 Å². The second-order valence-corrected chi connectivity index (χ2v) is 6.21. The molecule has 0 atom stereocenters. The van der Waals surface area contributed by atoms with Gasteiger partial charge in [0.1, 0.15) is 10.6 Å². The zero-order chi connectivity index (χ0) is 15.5. The third-order valence-corrected chi connectivity index (χ3v) is 5.00. The van der Waals surface area contributed by atoms with Gasteiger partial charge >= 0.3 is 0 Å². The van der Waals surface area contributed by atoms with Gasteiger partial charge in [-0.3, -0.25) is 4.79 Å². The van der Waals surface area contributed by atoms with Crippen LogP contribution in [0.25, 0.3) is 10.1 Å². The monoisotopic (exact) mass is 331 g/mol. The van der Waals surface area contributed by atoms with Crippen molar-refractivity contribution in [2.75, 3.05) is 7.11 Å². The molecule has 0 aliphatic rings. The molecule has 5 heteroatoms. The zero-order valence-electron chi connectivity index (χ0n) is 11.9. The molecule has 1 N–H and O–H groups in total. The predicted molar refractivity (Wildman–Crippen MR) is 91.0 cm³/mol. The van der Waals surface area contributed by atoms with E-state index in [9.17, 15) is 4.79 Å². The first-order chi connectivity index (χ1) is 10.7. The molecule has 0 aliphatic carbocycles. The molecule has 0 saturated carbocycles. The van der Waals surface area contributed by atoms with E-state index in [0.29, 0.717) is 16.4 Å². The molecule has 1 heterocycles. The molecule has 22 heavy (non-hydrogen) atoms. The van der Waals surface area contributed by atoms with Crippen molar-refractivity contribution in [3.63, 3.8) is 0 Å². The van der Waals surface area contributed by atoms with Crippen LogP contribution in [-0.4, -0.2) is 13.0 Å². The van der Waals surface area contributed by atoms with Gasteiger partial charge in [0.15, 0.2) is 0 Å². The summed E-state index contributed by atoms with van der Waals surface area (Å²) in [4.78, 5) is 12.9. The van der Waals surface area contributed by atoms with Gasteiger partial charge in [-0.05, 0) is 23.8 Å². The summed E-state index contributed by atoms with van der Waals surface area (Å²) in [7, 11) is 1.62. The molecule has 0 radical (unpaired) electrons. The van der Waals surface area contributed by atoms with Crippen LogP contribution >= 0.6 is 22.9 Å². The van der Waals surface area contributed by atoms with Crippen LogP contribution in [0.2, 0.25) is 5.02 Å². The first-order valence-electron chi connectivity index (χ1n) is 6.77. The Morgan fingerprint density at radius 1 is 1.23 bits per heavy atom. The molecule has 0 fully saturated rings. The van der Waals surface area contributed by atoms with Crippen LogP contribution in [0.4, 0.5) is 0 Å². The molecule has 112 valence electrons. The Morgan fingerprint density at radius 3 is 2.82 bits per heavy atom. The Kier molecular flexibility index (Phi) is 4.32. The summed E-state index contributed by atoms with van der Waals surface area (Å²) >= 11 is 7.72. The number of halogens is 1. The molecule has 0 unspecified atom stereocenters. The highest BCUT2D eigenvalue weighted by Gasteiger charge is 2.16. The molecular formula is C17H14ClNO2S. The van der Waals surface area contributed by atoms with Gasteiger partial charge in [-0.15, -0.1) is 11.3 Å². The lowest BCUT2D eigenvalue weighted by Crippen LogP contribution is -2.22. The molecule has 0 saturated heterocycles. The van der Waals surface area contributed by atoms with Crippen LogP contribution in [0.1, 0.15) is 15.2 Å². The number of benzene rings is 2. The zero-order valence-corrected chi connectivity index (χ0v) is 13.5. The highest BCUT2D eigenvalue weighted by Crippen LogP contribution is 2.35. The van der Waals surface area contributed by atoms with Gasteiger partial charge in [0, 0.05) is 16.6 Å². The van der Waals surface area contributed by atoms with E-state index in [0.717, 1.165) is 21.4 Å². The number of amides is 1. The number of rotatable bonds is 4. The van der Waals surface area contributed by atoms with Crippen molar-refractivity contribution in [3.8, 4) is 5.75 Å². The summed E-state index contributed by atoms with van der Waals surface area (Å²) in [6.45, 7) is 0.431. The van der Waals surface area contributed by atoms with Crippen molar-refractivity contribution in [3.05, 3.63) is 64.0 Å². The van der Waals surface area contributed by atoms with Crippen LogP contribution in [0.3, 0.4) is 0 Å². The lowest BCUT2D eigenvalue weighted by atomic mass is 10.2. The minimum atomic E-state index is -0.158. The van der Waals surface area contributed by atoms with Crippen LogP contribution in [-0.2, 0) is 6.54 Å². The smallest absolute Gasteiger partial charge is 0.263 e. The van der Waals surface area contributed by atoms with E-state index in [2.05, 4.69) is 5.32 Å². The Hall–Kier alpha value is -2.04. The number of nitrogens with one attached hydrogen (secondary N) is 1. The summed E-state index contributed by atoms with van der Waals surface area (Å²) in [6.07, 6.45) is 0. The molecule has 3 rings (SSSR count). The quantitative estimate of drug-likeness (QED) is 0.764. The fourth-order valence-electron chi connectivity index (χ4n) is 2.21. The summed E-state index contributed by atoms with van der Waals surface area (Å²) in [5.74, 6) is 0.612. The number of hydrogen-bond acceptors (Lipinski definition) is 3. The van der Waals surface area contributed by atoms with Gasteiger partial charge in [0.25, 0.3) is 5.91 Å². The summed E-state index contributed by atoms with van der Waals surface area (Å²) in [5.41, 5.74) is 0.977. The Bertz CT molecular complexity index is 828. The van der Waals surface area contributed by atoms with Gasteiger partial charge in [-0.25, -0.2) is 0 Å². The standard InChI is InChI=1S/C17H14ClNO2S/c1-21-12-6-4-5-11(9-12)10-19-17(20)16-15(18)13-7-2-3-8-14(13)22-16/h2-9H,10H2,1H3,(H,19,20). The van der Waals surface area contributed by atoms with Crippen molar-refractivity contribution in [1.82, 2.24) is 5.32 Å². The summed E-state index contributed by atoms with van der Waals surface area (Å²) in [5, 5.41) is 4.33. The molecular weight excluding hydrogens is 318 g/mol. The number of fused-ring (bicyclic) bond motifs is 1. The Labute approximate surface area is 137 Å². The molecule has 1 amide bonds. The van der Waals surface area contributed by atoms with Crippen molar-refractivity contribution in [1.29, 1.82) is 0 Å². The number of ether oxygens (including phenoxy) is 1. The highest BCUT2D eigenvalue weighted by atomic mass is 35.5. The molecule has 0 bridgehead atoms. The maximum absolute atomic E-state index is 12.3. The molecule has 3 aromatic rings. The average molecular weight is 332 g/mol. The molecule has 3 nitrogen and oxygen atoms in total. The second kappa shape index (κ2) is 6.38. The fraction of sp³-hybridized carbons (Fsp3) is 0.118. The Morgan fingerprint density at radius 2 is 2.05 bits per heavy atom. The van der Waals surface area contributed by atoms with E-state index < -0.39 is 0 Å². The number of thiophene rings is 1. The van der Waals surface area contributed by atoms with E-state index in [1.54, 1.807) is 7.11 Å². The van der Waals surface area contributed by atoms with E-state index in [4.69, 9.17) is 16.3 Å². The first-order valence-corrected chi connectivity index (χ1v) is 7.96. The molecule has 0 spiro atoms. The minimum absolute atomic E-state index is 0.158. The van der Waals surface area contributed by atoms with Gasteiger partial charge in [0.2, 0.25) is 0 Å². The predicted octanol–water partition coefficient (Wildman–Crippen LogP) is 4.49. The third-order valence-electron chi connectivity index (χ3n) is 3.33. The van der Waals surface area contributed by atoms with Crippen molar-refractivity contribution >= 4 is 38.9 Å². The van der Waals surface area contributed by atoms with Crippen molar-refractivity contribution in [2.24, 2.45) is 0 Å². The van der Waals surface area contributed by atoms with Gasteiger partial charge in [-0.2, -0.15) is 0 Å². The van der Waals surface area contributed by atoms with Crippen molar-refractivity contribution < 1.29 is 9.53 Å². The molecule has 1 aromatic heterocycles. The number of hydrogen-bond donors (Lipinski definition) is 1. The van der Waals surface area contributed by atoms with Crippen LogP contribution in [0.15, 0.2) is 48.5 Å². The van der Waals surface area contributed by atoms with Crippen LogP contribution in [0.5, 0.6) is 5.75 Å². The van der Waals surface area contributed by atoms with E-state index in [-0.39, 0.29) is 5.91 Å². The summed E-state index contributed by atoms with van der Waals surface area (Å²) < 4.78 is 6.19. The maximum Gasteiger partial charge on any atom is 0.263 e. The van der Waals surface area contributed by atoms with Gasteiger partial charge < -0.3 is 10.1 Å². The number of methoxy groups -OCH3 is 1. The van der Waals surface area contributed by atoms with E-state index in [1.807, 2.05) is 48.5 Å².